The van der Waals surface area contributed by atoms with Crippen LogP contribution in [0.4, 0.5) is 0 Å². The number of carbonyl (C=O) groups is 3. The number of aliphatic carboxylic acids is 1. The molecule has 122 valence electrons. The van der Waals surface area contributed by atoms with Gasteiger partial charge in [0, 0.05) is 6.42 Å². The minimum Gasteiger partial charge on any atom is -0.480 e. The van der Waals surface area contributed by atoms with Crippen molar-refractivity contribution >= 4 is 17.8 Å². The second-order valence-electron chi connectivity index (χ2n) is 4.55. The van der Waals surface area contributed by atoms with Crippen molar-refractivity contribution in [3.05, 3.63) is 0 Å². The van der Waals surface area contributed by atoms with Crippen LogP contribution in [0.15, 0.2) is 0 Å². The van der Waals surface area contributed by atoms with Crippen molar-refractivity contribution in [3.63, 3.8) is 0 Å². The van der Waals surface area contributed by atoms with Crippen molar-refractivity contribution < 1.29 is 39.4 Å². The normalized spacial score (nSPS) is 13.6. The van der Waals surface area contributed by atoms with Gasteiger partial charge in [-0.15, -0.1) is 0 Å². The van der Waals surface area contributed by atoms with Crippen LogP contribution in [-0.2, 0) is 29.0 Å². The molecule has 0 fully saturated rings. The molecule has 10 heteroatoms. The molecule has 0 bridgehead atoms. The second kappa shape index (κ2) is 10.0. The summed E-state index contributed by atoms with van der Waals surface area (Å²) in [5.41, 5.74) is 5.27. The Balaban J connectivity index is 4.33. The topological polar surface area (TPSA) is 157 Å². The predicted octanol–water partition coefficient (Wildman–Crippen LogP) is -0.759. The van der Waals surface area contributed by atoms with Crippen LogP contribution in [0.25, 0.3) is 0 Å². The molecule has 0 saturated heterocycles. The van der Waals surface area contributed by atoms with Crippen molar-refractivity contribution in [3.8, 4) is 0 Å². The maximum absolute atomic E-state index is 11.7. The van der Waals surface area contributed by atoms with Crippen molar-refractivity contribution in [2.75, 3.05) is 6.79 Å². The molecule has 0 radical (unpaired) electrons. The predicted molar refractivity (Wildman–Crippen MR) is 67.4 cm³/mol. The molecular weight excluding hydrogens is 288 g/mol. The van der Waals surface area contributed by atoms with Gasteiger partial charge in [0.15, 0.2) is 0 Å². The Bertz CT molecular complexity index is 360. The highest BCUT2D eigenvalue weighted by atomic mass is 17.5. The summed E-state index contributed by atoms with van der Waals surface area (Å²) in [4.78, 5) is 37.8. The first-order valence-corrected chi connectivity index (χ1v) is 6.17. The third-order valence-corrected chi connectivity index (χ3v) is 2.54. The quantitative estimate of drug-likeness (QED) is 0.134. The van der Waals surface area contributed by atoms with E-state index in [1.54, 1.807) is 13.8 Å². The number of carbonyl (C=O) groups excluding carboxylic acids is 2. The number of nitrogens with two attached hydrogens (primary N) is 1. The van der Waals surface area contributed by atoms with Crippen molar-refractivity contribution in [2.45, 2.75) is 38.8 Å². The van der Waals surface area contributed by atoms with E-state index in [4.69, 9.17) is 16.1 Å². The summed E-state index contributed by atoms with van der Waals surface area (Å²) < 4.78 is 4.59. The fourth-order valence-corrected chi connectivity index (χ4v) is 1.35. The Morgan fingerprint density at radius 3 is 2.38 bits per heavy atom. The van der Waals surface area contributed by atoms with Crippen LogP contribution in [0.1, 0.15) is 26.7 Å². The van der Waals surface area contributed by atoms with E-state index in [9.17, 15) is 14.4 Å². The largest absolute Gasteiger partial charge is 0.480 e. The number of hydrogen-bond donors (Lipinski definition) is 4. The molecule has 10 nitrogen and oxygen atoms in total. The van der Waals surface area contributed by atoms with Crippen molar-refractivity contribution in [1.29, 1.82) is 0 Å². The lowest BCUT2D eigenvalue weighted by Gasteiger charge is -2.20. The van der Waals surface area contributed by atoms with Gasteiger partial charge in [0.2, 0.25) is 12.7 Å². The van der Waals surface area contributed by atoms with Gasteiger partial charge in [-0.25, -0.2) is 10.1 Å². The fraction of sp³-hybridized carbons (Fsp3) is 0.727. The zero-order valence-electron chi connectivity index (χ0n) is 11.8. The lowest BCUT2D eigenvalue weighted by molar-refractivity contribution is -0.505. The molecule has 0 aliphatic rings. The molecular formula is C11H20N2O8. The maximum Gasteiger partial charge on any atom is 0.331 e. The summed E-state index contributed by atoms with van der Waals surface area (Å²) in [6.07, 6.45) is -0.192. The summed E-state index contributed by atoms with van der Waals surface area (Å²) in [6.45, 7) is 2.72. The van der Waals surface area contributed by atoms with Crippen LogP contribution in [0.3, 0.4) is 0 Å². The molecule has 0 saturated carbocycles. The SMILES string of the molecule is CC(C)[C@H](NC(=O)CC[C@H](N)C(=O)O)C(=O)OCOOO. The molecule has 0 aromatic heterocycles. The molecule has 0 rings (SSSR count). The number of rotatable bonds is 10. The van der Waals surface area contributed by atoms with Crippen LogP contribution in [0.2, 0.25) is 0 Å². The molecule has 0 aliphatic carbocycles. The average molecular weight is 308 g/mol. The van der Waals surface area contributed by atoms with E-state index in [0.29, 0.717) is 0 Å². The van der Waals surface area contributed by atoms with Gasteiger partial charge in [-0.1, -0.05) is 18.9 Å². The van der Waals surface area contributed by atoms with E-state index in [0.717, 1.165) is 0 Å². The lowest BCUT2D eigenvalue weighted by Crippen LogP contribution is -2.46. The summed E-state index contributed by atoms with van der Waals surface area (Å²) in [6, 6.07) is -2.09. The van der Waals surface area contributed by atoms with E-state index < -0.39 is 36.7 Å². The smallest absolute Gasteiger partial charge is 0.331 e. The lowest BCUT2D eigenvalue weighted by atomic mass is 10.0. The highest BCUT2D eigenvalue weighted by Crippen LogP contribution is 2.06. The molecule has 2 atom stereocenters. The van der Waals surface area contributed by atoms with E-state index in [-0.39, 0.29) is 18.8 Å². The van der Waals surface area contributed by atoms with Crippen LogP contribution >= 0.6 is 0 Å². The minimum absolute atomic E-state index is 0.0531. The zero-order valence-corrected chi connectivity index (χ0v) is 11.8. The van der Waals surface area contributed by atoms with Crippen LogP contribution in [-0.4, -0.2) is 47.1 Å². The van der Waals surface area contributed by atoms with Crippen molar-refractivity contribution in [2.24, 2.45) is 11.7 Å². The van der Waals surface area contributed by atoms with E-state index in [2.05, 4.69) is 20.0 Å². The molecule has 5 N–H and O–H groups in total. The third-order valence-electron chi connectivity index (χ3n) is 2.54. The Morgan fingerprint density at radius 1 is 1.29 bits per heavy atom. The Morgan fingerprint density at radius 2 is 1.90 bits per heavy atom. The second-order valence-corrected chi connectivity index (χ2v) is 4.55. The number of esters is 1. The van der Waals surface area contributed by atoms with Crippen LogP contribution in [0.5, 0.6) is 0 Å². The first-order chi connectivity index (χ1) is 9.79. The average Bonchev–Trinajstić information content (AvgIpc) is 2.41. The van der Waals surface area contributed by atoms with Gasteiger partial charge in [-0.2, -0.15) is 4.89 Å². The fourth-order valence-electron chi connectivity index (χ4n) is 1.35. The Hall–Kier alpha value is -1.75. The summed E-state index contributed by atoms with van der Waals surface area (Å²) in [7, 11) is 0. The van der Waals surface area contributed by atoms with Gasteiger partial charge in [-0.05, 0) is 12.3 Å². The molecule has 0 aromatic rings. The first-order valence-electron chi connectivity index (χ1n) is 6.17. The Kier molecular flexibility index (Phi) is 9.21. The summed E-state index contributed by atoms with van der Waals surface area (Å²) in [5.74, 6) is -2.78. The third kappa shape index (κ3) is 8.19. The van der Waals surface area contributed by atoms with Gasteiger partial charge >= 0.3 is 11.9 Å². The van der Waals surface area contributed by atoms with Gasteiger partial charge in [0.1, 0.15) is 12.1 Å². The number of ether oxygens (including phenoxy) is 1. The van der Waals surface area contributed by atoms with Crippen LogP contribution in [0, 0.1) is 5.92 Å². The maximum atomic E-state index is 11.7. The monoisotopic (exact) mass is 308 g/mol. The minimum atomic E-state index is -1.20. The van der Waals surface area contributed by atoms with Gasteiger partial charge in [0.05, 0.1) is 0 Å². The summed E-state index contributed by atoms with van der Waals surface area (Å²) in [5, 5.41) is 22.2. The van der Waals surface area contributed by atoms with E-state index in [1.807, 2.05) is 0 Å². The molecule has 21 heavy (non-hydrogen) atoms. The van der Waals surface area contributed by atoms with Crippen LogP contribution < -0.4 is 11.1 Å². The molecule has 0 spiro atoms. The molecule has 1 amide bonds. The summed E-state index contributed by atoms with van der Waals surface area (Å²) >= 11 is 0. The number of carboxylic acid groups (broad SMARTS) is 1. The molecule has 0 aliphatic heterocycles. The zero-order chi connectivity index (χ0) is 16.4. The van der Waals surface area contributed by atoms with E-state index >= 15 is 0 Å². The standard InChI is InChI=1S/C11H20N2O8/c1-6(2)9(11(17)19-5-20-21-18)13-8(14)4-3-7(12)10(15)16/h6-7,9,18H,3-5,12H2,1-2H3,(H,13,14)(H,15,16)/t7-,9-/m0/s1. The molecule has 0 unspecified atom stereocenters. The first kappa shape index (κ1) is 19.2. The number of hydrogen-bond acceptors (Lipinski definition) is 8. The van der Waals surface area contributed by atoms with Gasteiger partial charge in [0.25, 0.3) is 0 Å². The molecule has 0 heterocycles. The highest BCUT2D eigenvalue weighted by Gasteiger charge is 2.26. The number of nitrogens with one attached hydrogen (secondary N) is 1. The van der Waals surface area contributed by atoms with E-state index in [1.165, 1.54) is 0 Å². The van der Waals surface area contributed by atoms with Crippen molar-refractivity contribution in [1.82, 2.24) is 5.32 Å². The van der Waals surface area contributed by atoms with Gasteiger partial charge < -0.3 is 20.9 Å². The molecule has 0 aromatic carbocycles. The van der Waals surface area contributed by atoms with Gasteiger partial charge in [-0.3, -0.25) is 9.59 Å². The Labute approximate surface area is 121 Å². The number of amides is 1. The number of carboxylic acids is 1. The highest BCUT2D eigenvalue weighted by molar-refractivity contribution is 5.85.